The summed E-state index contributed by atoms with van der Waals surface area (Å²) in [4.78, 5) is 15.9. The molecule has 1 aromatic carbocycles. The summed E-state index contributed by atoms with van der Waals surface area (Å²) in [6.45, 7) is 0. The van der Waals surface area contributed by atoms with Crippen molar-refractivity contribution in [2.24, 2.45) is 0 Å². The van der Waals surface area contributed by atoms with Crippen molar-refractivity contribution in [3.05, 3.63) is 42.1 Å². The summed E-state index contributed by atoms with van der Waals surface area (Å²) in [5.41, 5.74) is 0.356. The van der Waals surface area contributed by atoms with E-state index in [1.807, 2.05) is 0 Å². The predicted molar refractivity (Wildman–Crippen MR) is 59.5 cm³/mol. The lowest BCUT2D eigenvalue weighted by atomic mass is 10.1. The van der Waals surface area contributed by atoms with Crippen LogP contribution in [0.25, 0.3) is 0 Å². The van der Waals surface area contributed by atoms with Gasteiger partial charge in [-0.3, -0.25) is 4.79 Å². The van der Waals surface area contributed by atoms with Gasteiger partial charge in [0, 0.05) is 0 Å². The zero-order valence-electron chi connectivity index (χ0n) is 9.47. The Morgan fingerprint density at radius 2 is 2.12 bits per heavy atom. The Bertz CT molecular complexity index is 519. The molecule has 88 valence electrons. The van der Waals surface area contributed by atoms with Gasteiger partial charge >= 0.3 is 0 Å². The normalized spacial score (nSPS) is 10.0. The number of aromatic nitrogens is 1. The number of carbonyl (C=O) groups excluding carboxylic acids is 1. The molecule has 0 fully saturated rings. The molecule has 2 rings (SSSR count). The first-order valence-electron chi connectivity index (χ1n) is 4.92. The predicted octanol–water partition coefficient (Wildman–Crippen LogP) is 1.92. The van der Waals surface area contributed by atoms with Gasteiger partial charge in [0.05, 0.1) is 26.0 Å². The maximum atomic E-state index is 12.1. The summed E-state index contributed by atoms with van der Waals surface area (Å²) < 4.78 is 15.1. The molecule has 0 saturated carbocycles. The Morgan fingerprint density at radius 1 is 1.29 bits per heavy atom. The van der Waals surface area contributed by atoms with Gasteiger partial charge < -0.3 is 13.9 Å². The van der Waals surface area contributed by atoms with E-state index in [1.165, 1.54) is 26.7 Å². The highest BCUT2D eigenvalue weighted by Crippen LogP contribution is 2.25. The first-order chi connectivity index (χ1) is 8.26. The summed E-state index contributed by atoms with van der Waals surface area (Å²) in [5, 5.41) is 0. The highest BCUT2D eigenvalue weighted by molar-refractivity contribution is 6.08. The highest BCUT2D eigenvalue weighted by Gasteiger charge is 2.19. The number of ether oxygens (including phenoxy) is 2. The van der Waals surface area contributed by atoms with Crippen molar-refractivity contribution in [2.45, 2.75) is 0 Å². The second kappa shape index (κ2) is 4.69. The van der Waals surface area contributed by atoms with Crippen LogP contribution in [0.5, 0.6) is 11.5 Å². The average molecular weight is 233 g/mol. The molecular formula is C12H11NO4. The van der Waals surface area contributed by atoms with Crippen molar-refractivity contribution in [1.29, 1.82) is 0 Å². The summed E-state index contributed by atoms with van der Waals surface area (Å²) in [6.07, 6.45) is 2.76. The number of methoxy groups -OCH3 is 2. The van der Waals surface area contributed by atoms with E-state index in [0.29, 0.717) is 17.1 Å². The topological polar surface area (TPSA) is 61.6 Å². The molecule has 0 aliphatic heterocycles. The number of rotatable bonds is 4. The third-order valence-electron chi connectivity index (χ3n) is 2.28. The van der Waals surface area contributed by atoms with E-state index in [0.717, 1.165) is 0 Å². The molecule has 0 N–H and O–H groups in total. The number of nitrogens with zero attached hydrogens (tertiary/aromatic N) is 1. The Hall–Kier alpha value is -2.30. The monoisotopic (exact) mass is 233 g/mol. The number of hydrogen-bond acceptors (Lipinski definition) is 5. The van der Waals surface area contributed by atoms with Gasteiger partial charge in [-0.05, 0) is 18.2 Å². The summed E-state index contributed by atoms with van der Waals surface area (Å²) in [7, 11) is 3.02. The first-order valence-corrected chi connectivity index (χ1v) is 4.92. The van der Waals surface area contributed by atoms with E-state index in [4.69, 9.17) is 13.9 Å². The van der Waals surface area contributed by atoms with Gasteiger partial charge in [-0.15, -0.1) is 0 Å². The molecule has 0 aliphatic carbocycles. The maximum Gasteiger partial charge on any atom is 0.268 e. The Kier molecular flexibility index (Phi) is 3.09. The van der Waals surface area contributed by atoms with Crippen LogP contribution in [-0.4, -0.2) is 25.0 Å². The molecule has 0 aliphatic rings. The minimum Gasteiger partial charge on any atom is -0.497 e. The van der Waals surface area contributed by atoms with Crippen LogP contribution in [0.15, 0.2) is 35.1 Å². The number of carbonyl (C=O) groups is 1. The molecule has 17 heavy (non-hydrogen) atoms. The molecule has 2 aromatic rings. The van der Waals surface area contributed by atoms with Crippen molar-refractivity contribution >= 4 is 5.78 Å². The van der Waals surface area contributed by atoms with Crippen LogP contribution >= 0.6 is 0 Å². The van der Waals surface area contributed by atoms with Crippen molar-refractivity contribution in [1.82, 2.24) is 4.98 Å². The minimum atomic E-state index is -0.342. The third kappa shape index (κ3) is 2.13. The zero-order chi connectivity index (χ0) is 12.3. The number of hydrogen-bond donors (Lipinski definition) is 0. The van der Waals surface area contributed by atoms with Crippen LogP contribution < -0.4 is 9.47 Å². The first kappa shape index (κ1) is 11.2. The van der Waals surface area contributed by atoms with Crippen molar-refractivity contribution < 1.29 is 18.7 Å². The van der Waals surface area contributed by atoms with Gasteiger partial charge in [0.2, 0.25) is 0 Å². The van der Waals surface area contributed by atoms with Crippen LogP contribution in [0.4, 0.5) is 0 Å². The molecule has 5 heteroatoms. The maximum absolute atomic E-state index is 12.1. The fraction of sp³-hybridized carbons (Fsp3) is 0.167. The molecule has 1 aromatic heterocycles. The van der Waals surface area contributed by atoms with E-state index in [-0.39, 0.29) is 11.7 Å². The molecule has 0 saturated heterocycles. The lowest BCUT2D eigenvalue weighted by molar-refractivity contribution is 0.0999. The van der Waals surface area contributed by atoms with Gasteiger partial charge in [0.25, 0.3) is 11.7 Å². The number of oxazole rings is 1. The number of ketones is 1. The van der Waals surface area contributed by atoms with Crippen LogP contribution in [0, 0.1) is 0 Å². The Balaban J connectivity index is 2.45. The van der Waals surface area contributed by atoms with Crippen molar-refractivity contribution in [3.63, 3.8) is 0 Å². The highest BCUT2D eigenvalue weighted by atomic mass is 16.5. The van der Waals surface area contributed by atoms with Crippen LogP contribution in [-0.2, 0) is 0 Å². The van der Waals surface area contributed by atoms with Gasteiger partial charge in [0.15, 0.2) is 0 Å². The molecule has 1 heterocycles. The average Bonchev–Trinajstić information content (AvgIpc) is 2.91. The minimum absolute atomic E-state index is 0.0246. The summed E-state index contributed by atoms with van der Waals surface area (Å²) >= 11 is 0. The summed E-state index contributed by atoms with van der Waals surface area (Å²) in [6, 6.07) is 4.96. The fourth-order valence-electron chi connectivity index (χ4n) is 1.44. The lowest BCUT2D eigenvalue weighted by Gasteiger charge is -2.07. The second-order valence-corrected chi connectivity index (χ2v) is 3.23. The smallest absolute Gasteiger partial charge is 0.268 e. The lowest BCUT2D eigenvalue weighted by Crippen LogP contribution is -2.04. The van der Waals surface area contributed by atoms with E-state index in [9.17, 15) is 4.79 Å². The van der Waals surface area contributed by atoms with Gasteiger partial charge in [-0.2, -0.15) is 0 Å². The largest absolute Gasteiger partial charge is 0.497 e. The quantitative estimate of drug-likeness (QED) is 0.755. The van der Waals surface area contributed by atoms with Crippen LogP contribution in [0.3, 0.4) is 0 Å². The SMILES string of the molecule is COc1ccc(OC)c(C(=O)c2ncco2)c1. The standard InChI is InChI=1S/C12H11NO4/c1-15-8-3-4-10(16-2)9(7-8)11(14)12-13-5-6-17-12/h3-7H,1-2H3. The second-order valence-electron chi connectivity index (χ2n) is 3.23. The van der Waals surface area contributed by atoms with E-state index < -0.39 is 0 Å². The van der Waals surface area contributed by atoms with Crippen LogP contribution in [0.2, 0.25) is 0 Å². The Morgan fingerprint density at radius 3 is 2.71 bits per heavy atom. The Labute approximate surface area is 98.0 Å². The van der Waals surface area contributed by atoms with Gasteiger partial charge in [0.1, 0.15) is 17.8 Å². The van der Waals surface area contributed by atoms with Gasteiger partial charge in [-0.25, -0.2) is 4.98 Å². The molecule has 0 unspecified atom stereocenters. The molecule has 0 bridgehead atoms. The van der Waals surface area contributed by atoms with E-state index in [1.54, 1.807) is 18.2 Å². The number of benzene rings is 1. The molecule has 0 spiro atoms. The molecular weight excluding hydrogens is 222 g/mol. The van der Waals surface area contributed by atoms with E-state index >= 15 is 0 Å². The molecule has 5 nitrogen and oxygen atoms in total. The van der Waals surface area contributed by atoms with Crippen LogP contribution in [0.1, 0.15) is 16.2 Å². The third-order valence-corrected chi connectivity index (χ3v) is 2.28. The molecule has 0 amide bonds. The van der Waals surface area contributed by atoms with E-state index in [2.05, 4.69) is 4.98 Å². The molecule has 0 atom stereocenters. The van der Waals surface area contributed by atoms with Gasteiger partial charge in [-0.1, -0.05) is 0 Å². The summed E-state index contributed by atoms with van der Waals surface area (Å²) in [5.74, 6) is 0.706. The fourth-order valence-corrected chi connectivity index (χ4v) is 1.44. The van der Waals surface area contributed by atoms with Crippen molar-refractivity contribution in [2.75, 3.05) is 14.2 Å². The zero-order valence-corrected chi connectivity index (χ0v) is 9.47. The molecule has 0 radical (unpaired) electrons. The van der Waals surface area contributed by atoms with Crippen molar-refractivity contribution in [3.8, 4) is 11.5 Å².